The zero-order valence-electron chi connectivity index (χ0n) is 6.80. The molecule has 0 fully saturated rings. The van der Waals surface area contributed by atoms with Crippen molar-refractivity contribution in [1.29, 1.82) is 0 Å². The maximum atomic E-state index is 10.1. The molecule has 13 heavy (non-hydrogen) atoms. The average molecular weight is 192 g/mol. The van der Waals surface area contributed by atoms with Gasteiger partial charge in [-0.1, -0.05) is 0 Å². The molecule has 0 aliphatic carbocycles. The summed E-state index contributed by atoms with van der Waals surface area (Å²) in [7, 11) is 0. The summed E-state index contributed by atoms with van der Waals surface area (Å²) in [6.45, 7) is 6.00. The van der Waals surface area contributed by atoms with Crippen LogP contribution in [0.15, 0.2) is 13.2 Å². The minimum atomic E-state index is -2.65. The number of carbonyl (C=O) groups is 2. The standard InChI is InChI=1S/C4H8N2O5.C2H4/c5-4(6,3(10)11)1(7)2(8)9;1-2/h1,7H,5-6H2,(H,8,9)(H,10,11);1-2H2. The third kappa shape index (κ3) is 3.65. The van der Waals surface area contributed by atoms with Gasteiger partial charge in [-0.05, 0) is 0 Å². The van der Waals surface area contributed by atoms with E-state index in [0.29, 0.717) is 0 Å². The lowest BCUT2D eigenvalue weighted by molar-refractivity contribution is -0.161. The second-order valence-corrected chi connectivity index (χ2v) is 1.98. The molecule has 7 heteroatoms. The summed E-state index contributed by atoms with van der Waals surface area (Å²) in [4.78, 5) is 20.1. The lowest BCUT2D eigenvalue weighted by Crippen LogP contribution is -2.66. The van der Waals surface area contributed by atoms with E-state index in [0.717, 1.165) is 0 Å². The Morgan fingerprint density at radius 1 is 1.23 bits per heavy atom. The first-order valence-corrected chi connectivity index (χ1v) is 3.02. The SMILES string of the molecule is C=C.NC(N)(C(=O)O)C(O)C(=O)O. The Morgan fingerprint density at radius 2 is 1.54 bits per heavy atom. The van der Waals surface area contributed by atoms with E-state index in [9.17, 15) is 9.59 Å². The number of aliphatic hydroxyl groups is 1. The molecule has 1 unspecified atom stereocenters. The highest BCUT2D eigenvalue weighted by molar-refractivity contribution is 5.87. The molecular weight excluding hydrogens is 180 g/mol. The number of carboxylic acid groups (broad SMARTS) is 2. The molecule has 0 aromatic heterocycles. The molecule has 0 spiro atoms. The molecule has 0 aromatic carbocycles. The predicted octanol–water partition coefficient (Wildman–Crippen LogP) is -2.07. The molecule has 0 aliphatic rings. The number of rotatable bonds is 3. The first-order valence-electron chi connectivity index (χ1n) is 3.02. The Balaban J connectivity index is 0. The van der Waals surface area contributed by atoms with Gasteiger partial charge in [0.25, 0.3) is 0 Å². The van der Waals surface area contributed by atoms with Crippen molar-refractivity contribution in [3.05, 3.63) is 13.2 Å². The highest BCUT2D eigenvalue weighted by Gasteiger charge is 2.42. The van der Waals surface area contributed by atoms with Gasteiger partial charge in [-0.15, -0.1) is 13.2 Å². The van der Waals surface area contributed by atoms with E-state index in [4.69, 9.17) is 26.8 Å². The van der Waals surface area contributed by atoms with E-state index < -0.39 is 23.7 Å². The van der Waals surface area contributed by atoms with Crippen molar-refractivity contribution in [3.63, 3.8) is 0 Å². The topological polar surface area (TPSA) is 147 Å². The van der Waals surface area contributed by atoms with Crippen LogP contribution in [-0.4, -0.2) is 39.0 Å². The van der Waals surface area contributed by atoms with Crippen molar-refractivity contribution < 1.29 is 24.9 Å². The molecule has 7 nitrogen and oxygen atoms in total. The third-order valence-corrected chi connectivity index (χ3v) is 1.06. The van der Waals surface area contributed by atoms with Gasteiger partial charge in [-0.3, -0.25) is 0 Å². The van der Waals surface area contributed by atoms with Crippen molar-refractivity contribution in [2.24, 2.45) is 11.5 Å². The molecule has 76 valence electrons. The lowest BCUT2D eigenvalue weighted by atomic mass is 10.1. The highest BCUT2D eigenvalue weighted by atomic mass is 16.4. The third-order valence-electron chi connectivity index (χ3n) is 1.06. The minimum Gasteiger partial charge on any atom is -0.479 e. The van der Waals surface area contributed by atoms with Gasteiger partial charge in [0, 0.05) is 0 Å². The van der Waals surface area contributed by atoms with E-state index >= 15 is 0 Å². The van der Waals surface area contributed by atoms with E-state index in [1.165, 1.54) is 0 Å². The summed E-state index contributed by atoms with van der Waals surface area (Å²) in [5, 5.41) is 24.9. The van der Waals surface area contributed by atoms with Crippen molar-refractivity contribution in [3.8, 4) is 0 Å². The normalized spacial score (nSPS) is 12.2. The molecule has 0 rings (SSSR count). The monoisotopic (exact) mass is 192 g/mol. The van der Waals surface area contributed by atoms with Gasteiger partial charge in [0.05, 0.1) is 0 Å². The van der Waals surface area contributed by atoms with Crippen LogP contribution in [-0.2, 0) is 9.59 Å². The largest absolute Gasteiger partial charge is 0.479 e. The molecule has 0 heterocycles. The van der Waals surface area contributed by atoms with Crippen LogP contribution in [0, 0.1) is 0 Å². The van der Waals surface area contributed by atoms with Crippen LogP contribution in [0.3, 0.4) is 0 Å². The van der Waals surface area contributed by atoms with E-state index in [1.54, 1.807) is 0 Å². The minimum absolute atomic E-state index is 1.78. The Kier molecular flexibility index (Phi) is 5.69. The van der Waals surface area contributed by atoms with E-state index in [-0.39, 0.29) is 0 Å². The lowest BCUT2D eigenvalue weighted by Gasteiger charge is -2.21. The number of hydrogen-bond donors (Lipinski definition) is 5. The van der Waals surface area contributed by atoms with E-state index in [2.05, 4.69) is 13.2 Å². The molecule has 0 bridgehead atoms. The fourth-order valence-corrected chi connectivity index (χ4v) is 0.321. The smallest absolute Gasteiger partial charge is 0.341 e. The van der Waals surface area contributed by atoms with Crippen LogP contribution in [0.2, 0.25) is 0 Å². The van der Waals surface area contributed by atoms with Gasteiger partial charge < -0.3 is 26.8 Å². The summed E-state index contributed by atoms with van der Waals surface area (Å²) >= 11 is 0. The van der Waals surface area contributed by atoms with Gasteiger partial charge in [-0.25, -0.2) is 9.59 Å². The molecule has 0 radical (unpaired) electrons. The summed E-state index contributed by atoms with van der Waals surface area (Å²) in [6.07, 6.45) is -2.32. The molecule has 0 aromatic rings. The van der Waals surface area contributed by atoms with Gasteiger partial charge >= 0.3 is 11.9 Å². The van der Waals surface area contributed by atoms with E-state index in [1.807, 2.05) is 0 Å². The van der Waals surface area contributed by atoms with Crippen LogP contribution in [0.1, 0.15) is 0 Å². The Morgan fingerprint density at radius 3 is 1.62 bits per heavy atom. The molecule has 0 aliphatic heterocycles. The number of aliphatic carboxylic acids is 2. The summed E-state index contributed by atoms with van der Waals surface area (Å²) in [5.41, 5.74) is 6.86. The molecule has 0 amide bonds. The second kappa shape index (κ2) is 5.25. The second-order valence-electron chi connectivity index (χ2n) is 1.98. The first-order chi connectivity index (χ1) is 5.80. The van der Waals surface area contributed by atoms with Crippen LogP contribution in [0.5, 0.6) is 0 Å². The molecule has 0 saturated carbocycles. The quantitative estimate of drug-likeness (QED) is 0.255. The summed E-state index contributed by atoms with van der Waals surface area (Å²) in [5.74, 6) is -3.56. The van der Waals surface area contributed by atoms with Crippen molar-refractivity contribution in [2.75, 3.05) is 0 Å². The van der Waals surface area contributed by atoms with Crippen LogP contribution in [0.25, 0.3) is 0 Å². The Bertz CT molecular complexity index is 203. The number of aliphatic hydroxyl groups excluding tert-OH is 1. The highest BCUT2D eigenvalue weighted by Crippen LogP contribution is 1.99. The number of carboxylic acids is 2. The van der Waals surface area contributed by atoms with Gasteiger partial charge in [-0.2, -0.15) is 0 Å². The van der Waals surface area contributed by atoms with Crippen LogP contribution < -0.4 is 11.5 Å². The maximum Gasteiger partial charge on any atom is 0.341 e. The molecule has 0 saturated heterocycles. The number of nitrogens with two attached hydrogens (primary N) is 2. The van der Waals surface area contributed by atoms with Crippen LogP contribution in [0.4, 0.5) is 0 Å². The van der Waals surface area contributed by atoms with Crippen molar-refractivity contribution in [1.82, 2.24) is 0 Å². The summed E-state index contributed by atoms with van der Waals surface area (Å²) < 4.78 is 0. The summed E-state index contributed by atoms with van der Waals surface area (Å²) in [6, 6.07) is 0. The molecular formula is C6H12N2O5. The van der Waals surface area contributed by atoms with Crippen molar-refractivity contribution >= 4 is 11.9 Å². The fraction of sp³-hybridized carbons (Fsp3) is 0.333. The molecule has 1 atom stereocenters. The van der Waals surface area contributed by atoms with Gasteiger partial charge in [0.15, 0.2) is 6.10 Å². The van der Waals surface area contributed by atoms with Crippen molar-refractivity contribution in [2.45, 2.75) is 11.8 Å². The Labute approximate surface area is 74.3 Å². The Hall–Kier alpha value is -1.44. The first kappa shape index (κ1) is 14.1. The zero-order chi connectivity index (χ0) is 11.2. The maximum absolute atomic E-state index is 10.1. The van der Waals surface area contributed by atoms with Gasteiger partial charge in [0.2, 0.25) is 5.66 Å². The molecule has 7 N–H and O–H groups in total. The fourth-order valence-electron chi connectivity index (χ4n) is 0.321. The number of hydrogen-bond acceptors (Lipinski definition) is 5. The van der Waals surface area contributed by atoms with Gasteiger partial charge in [0.1, 0.15) is 0 Å². The average Bonchev–Trinajstić information content (AvgIpc) is 2.06. The predicted molar refractivity (Wildman–Crippen MR) is 43.6 cm³/mol. The zero-order valence-corrected chi connectivity index (χ0v) is 6.80. The van der Waals surface area contributed by atoms with Crippen LogP contribution >= 0.6 is 0 Å².